The van der Waals surface area contributed by atoms with Gasteiger partial charge in [-0.1, -0.05) is 11.3 Å². The van der Waals surface area contributed by atoms with Crippen molar-refractivity contribution < 1.29 is 9.15 Å². The van der Waals surface area contributed by atoms with Crippen LogP contribution in [-0.2, 0) is 0 Å². The van der Waals surface area contributed by atoms with Crippen molar-refractivity contribution in [1.82, 2.24) is 14.6 Å². The highest BCUT2D eigenvalue weighted by atomic mass is 32.1. The van der Waals surface area contributed by atoms with E-state index in [0.29, 0.717) is 27.7 Å². The Bertz CT molecular complexity index is 1080. The largest absolute Gasteiger partial charge is 0.494 e. The molecule has 0 fully saturated rings. The van der Waals surface area contributed by atoms with Crippen molar-refractivity contribution in [2.24, 2.45) is 0 Å². The number of furan rings is 1. The Hall–Kier alpha value is -2.93. The Morgan fingerprint density at radius 2 is 2.12 bits per heavy atom. The maximum absolute atomic E-state index is 12.4. The number of rotatable bonds is 4. The zero-order valence-corrected chi connectivity index (χ0v) is 13.6. The molecule has 0 radical (unpaired) electrons. The van der Waals surface area contributed by atoms with Gasteiger partial charge in [0.2, 0.25) is 4.96 Å². The third-order valence-corrected chi connectivity index (χ3v) is 4.38. The predicted molar refractivity (Wildman–Crippen MR) is 91.2 cm³/mol. The van der Waals surface area contributed by atoms with Crippen molar-refractivity contribution >= 4 is 22.4 Å². The van der Waals surface area contributed by atoms with E-state index in [0.717, 1.165) is 11.3 Å². The summed E-state index contributed by atoms with van der Waals surface area (Å²) in [6.45, 7) is 2.55. The molecular weight excluding hydrogens is 326 g/mol. The molecule has 0 atom stereocenters. The summed E-state index contributed by atoms with van der Waals surface area (Å²) in [5.74, 6) is 1.94. The first-order chi connectivity index (χ1) is 11.7. The van der Waals surface area contributed by atoms with Crippen LogP contribution in [0.25, 0.3) is 22.4 Å². The molecule has 4 rings (SSSR count). The number of hydrogen-bond acceptors (Lipinski definition) is 6. The van der Waals surface area contributed by atoms with Crippen LogP contribution in [0.1, 0.15) is 12.7 Å². The van der Waals surface area contributed by atoms with Gasteiger partial charge in [0.1, 0.15) is 16.0 Å². The van der Waals surface area contributed by atoms with Gasteiger partial charge >= 0.3 is 0 Å². The number of nitrogens with zero attached hydrogens (tertiary/aromatic N) is 3. The fourth-order valence-corrected chi connectivity index (χ4v) is 3.21. The molecule has 0 saturated heterocycles. The molecule has 24 heavy (non-hydrogen) atoms. The van der Waals surface area contributed by atoms with Crippen LogP contribution in [0.15, 0.2) is 51.9 Å². The molecule has 0 aliphatic carbocycles. The number of fused-ring (bicyclic) bond motifs is 1. The number of ether oxygens (including phenoxy) is 1. The first-order valence-corrected chi connectivity index (χ1v) is 8.24. The third-order valence-electron chi connectivity index (χ3n) is 3.42. The van der Waals surface area contributed by atoms with E-state index in [1.165, 1.54) is 15.9 Å². The SMILES string of the molecule is CCOc1ccc(-c2nc3s/c(=C/c4ccco4)c(=O)n3n2)cc1. The van der Waals surface area contributed by atoms with E-state index in [4.69, 9.17) is 9.15 Å². The Morgan fingerprint density at radius 1 is 1.29 bits per heavy atom. The lowest BCUT2D eigenvalue weighted by atomic mass is 10.2. The van der Waals surface area contributed by atoms with E-state index in [2.05, 4.69) is 10.1 Å². The van der Waals surface area contributed by atoms with E-state index in [1.807, 2.05) is 31.2 Å². The Morgan fingerprint density at radius 3 is 2.79 bits per heavy atom. The fraction of sp³-hybridized carbons (Fsp3) is 0.118. The molecule has 0 amide bonds. The van der Waals surface area contributed by atoms with Crippen molar-refractivity contribution in [1.29, 1.82) is 0 Å². The summed E-state index contributed by atoms with van der Waals surface area (Å²) in [6.07, 6.45) is 3.26. The van der Waals surface area contributed by atoms with Crippen molar-refractivity contribution in [2.75, 3.05) is 6.61 Å². The van der Waals surface area contributed by atoms with Gasteiger partial charge in [-0.05, 0) is 43.3 Å². The molecule has 3 aromatic heterocycles. The average Bonchev–Trinajstić information content (AvgIpc) is 3.29. The second-order valence-corrected chi connectivity index (χ2v) is 6.03. The smallest absolute Gasteiger partial charge is 0.291 e. The zero-order valence-electron chi connectivity index (χ0n) is 12.8. The number of hydrogen-bond donors (Lipinski definition) is 0. The van der Waals surface area contributed by atoms with Crippen LogP contribution < -0.4 is 14.8 Å². The Balaban J connectivity index is 1.73. The lowest BCUT2D eigenvalue weighted by molar-refractivity contribution is 0.340. The van der Waals surface area contributed by atoms with Crippen LogP contribution in [0.3, 0.4) is 0 Å². The molecule has 1 aromatic carbocycles. The standard InChI is InChI=1S/C17H13N3O3S/c1-2-22-12-7-5-11(6-8-12)15-18-17-20(19-15)16(21)14(24-17)10-13-4-3-9-23-13/h3-10H,2H2,1H3/b14-10+. The normalized spacial score (nSPS) is 12.1. The van der Waals surface area contributed by atoms with Gasteiger partial charge in [0, 0.05) is 11.6 Å². The maximum atomic E-state index is 12.4. The molecule has 0 N–H and O–H groups in total. The van der Waals surface area contributed by atoms with Crippen molar-refractivity contribution in [2.45, 2.75) is 6.92 Å². The molecule has 0 aliphatic heterocycles. The van der Waals surface area contributed by atoms with Gasteiger partial charge in [0.05, 0.1) is 12.9 Å². The van der Waals surface area contributed by atoms with Crippen LogP contribution >= 0.6 is 11.3 Å². The Labute approximate surface area is 140 Å². The molecule has 0 bridgehead atoms. The summed E-state index contributed by atoms with van der Waals surface area (Å²) in [5.41, 5.74) is 0.640. The predicted octanol–water partition coefficient (Wildman–Crippen LogP) is 2.36. The number of benzene rings is 1. The lowest BCUT2D eigenvalue weighted by Gasteiger charge is -2.02. The van der Waals surface area contributed by atoms with E-state index in [-0.39, 0.29) is 5.56 Å². The summed E-state index contributed by atoms with van der Waals surface area (Å²) in [5, 5.41) is 4.32. The minimum absolute atomic E-state index is 0.198. The summed E-state index contributed by atoms with van der Waals surface area (Å²) in [6, 6.07) is 11.1. The van der Waals surface area contributed by atoms with Gasteiger partial charge in [0.15, 0.2) is 5.82 Å². The van der Waals surface area contributed by atoms with Crippen molar-refractivity contribution in [3.8, 4) is 17.1 Å². The molecule has 4 aromatic rings. The lowest BCUT2D eigenvalue weighted by Crippen LogP contribution is -2.23. The van der Waals surface area contributed by atoms with Crippen LogP contribution in [0.5, 0.6) is 5.75 Å². The van der Waals surface area contributed by atoms with Gasteiger partial charge in [-0.15, -0.1) is 5.10 Å². The monoisotopic (exact) mass is 339 g/mol. The molecule has 0 saturated carbocycles. The van der Waals surface area contributed by atoms with Crippen molar-refractivity contribution in [3.63, 3.8) is 0 Å². The topological polar surface area (TPSA) is 69.6 Å². The van der Waals surface area contributed by atoms with Crippen LogP contribution in [0, 0.1) is 0 Å². The fourth-order valence-electron chi connectivity index (χ4n) is 2.33. The highest BCUT2D eigenvalue weighted by molar-refractivity contribution is 7.15. The highest BCUT2D eigenvalue weighted by Crippen LogP contribution is 2.20. The molecule has 0 unspecified atom stereocenters. The van der Waals surface area contributed by atoms with E-state index >= 15 is 0 Å². The summed E-state index contributed by atoms with van der Waals surface area (Å²) in [7, 11) is 0. The van der Waals surface area contributed by atoms with Crippen LogP contribution in [-0.4, -0.2) is 21.2 Å². The molecule has 6 nitrogen and oxygen atoms in total. The Kier molecular flexibility index (Phi) is 3.62. The quantitative estimate of drug-likeness (QED) is 0.571. The summed E-state index contributed by atoms with van der Waals surface area (Å²) >= 11 is 1.29. The van der Waals surface area contributed by atoms with E-state index < -0.39 is 0 Å². The molecule has 120 valence electrons. The third kappa shape index (κ3) is 2.59. The van der Waals surface area contributed by atoms with Gasteiger partial charge in [0.25, 0.3) is 5.56 Å². The van der Waals surface area contributed by atoms with Gasteiger partial charge in [-0.2, -0.15) is 9.50 Å². The van der Waals surface area contributed by atoms with Gasteiger partial charge in [-0.3, -0.25) is 4.79 Å². The first-order valence-electron chi connectivity index (χ1n) is 7.42. The van der Waals surface area contributed by atoms with Crippen molar-refractivity contribution in [3.05, 3.63) is 63.3 Å². The average molecular weight is 339 g/mol. The number of aromatic nitrogens is 3. The van der Waals surface area contributed by atoms with E-state index in [9.17, 15) is 4.79 Å². The molecule has 0 spiro atoms. The molecule has 7 heteroatoms. The molecule has 3 heterocycles. The second-order valence-electron chi connectivity index (χ2n) is 5.02. The maximum Gasteiger partial charge on any atom is 0.291 e. The minimum Gasteiger partial charge on any atom is -0.494 e. The second kappa shape index (κ2) is 5.93. The van der Waals surface area contributed by atoms with Gasteiger partial charge in [-0.25, -0.2) is 0 Å². The number of thiazole rings is 1. The highest BCUT2D eigenvalue weighted by Gasteiger charge is 2.12. The molecular formula is C17H13N3O3S. The summed E-state index contributed by atoms with van der Waals surface area (Å²) in [4.78, 5) is 17.4. The van der Waals surface area contributed by atoms with Gasteiger partial charge < -0.3 is 9.15 Å². The summed E-state index contributed by atoms with van der Waals surface area (Å²) < 4.78 is 12.5. The van der Waals surface area contributed by atoms with E-state index in [1.54, 1.807) is 24.5 Å². The molecule has 0 aliphatic rings. The minimum atomic E-state index is -0.198. The van der Waals surface area contributed by atoms with Crippen LogP contribution in [0.4, 0.5) is 0 Å². The first kappa shape index (κ1) is 14.6. The zero-order chi connectivity index (χ0) is 16.5. The van der Waals surface area contributed by atoms with Crippen LogP contribution in [0.2, 0.25) is 0 Å².